The molecule has 0 aliphatic rings. The number of nitrogens with one attached hydrogen (secondary N) is 1. The summed E-state index contributed by atoms with van der Waals surface area (Å²) in [6.07, 6.45) is 2.02. The number of thiophene rings is 1. The van der Waals surface area contributed by atoms with Gasteiger partial charge in [0.15, 0.2) is 0 Å². The number of carbonyl (C=O) groups excluding carboxylic acids is 1. The molecule has 1 heterocycles. The Hall–Kier alpha value is -1.26. The van der Waals surface area contributed by atoms with Crippen molar-refractivity contribution in [3.05, 3.63) is 45.6 Å². The van der Waals surface area contributed by atoms with Crippen molar-refractivity contribution in [2.45, 2.75) is 18.7 Å². The Labute approximate surface area is 115 Å². The van der Waals surface area contributed by atoms with Gasteiger partial charge in [-0.15, -0.1) is 23.1 Å². The minimum absolute atomic E-state index is 0.0329. The molecule has 0 bridgehead atoms. The average Bonchev–Trinajstić information content (AvgIpc) is 2.70. The van der Waals surface area contributed by atoms with Crippen LogP contribution in [-0.2, 0) is 0 Å². The van der Waals surface area contributed by atoms with Crippen molar-refractivity contribution in [3.63, 3.8) is 0 Å². The number of aryl methyl sites for hydroxylation is 2. The zero-order valence-electron chi connectivity index (χ0n) is 10.6. The number of carbonyl (C=O) groups is 1. The maximum atomic E-state index is 12.1. The Balaban J connectivity index is 2.15. The Kier molecular flexibility index (Phi) is 4.09. The minimum atomic E-state index is -0.0329. The van der Waals surface area contributed by atoms with Gasteiger partial charge in [0.05, 0.1) is 4.88 Å². The summed E-state index contributed by atoms with van der Waals surface area (Å²) in [5.41, 5.74) is 2.01. The molecular formula is C14H15NOS2. The van der Waals surface area contributed by atoms with Crippen molar-refractivity contribution in [2.75, 3.05) is 11.6 Å². The Bertz CT molecular complexity index is 555. The molecule has 0 fully saturated rings. The third-order valence-corrected chi connectivity index (χ3v) is 4.59. The molecular weight excluding hydrogens is 262 g/mol. The monoisotopic (exact) mass is 277 g/mol. The number of amides is 1. The molecule has 0 spiro atoms. The highest BCUT2D eigenvalue weighted by Gasteiger charge is 2.10. The largest absolute Gasteiger partial charge is 0.321 e. The molecule has 1 aromatic carbocycles. The van der Waals surface area contributed by atoms with E-state index in [0.29, 0.717) is 0 Å². The summed E-state index contributed by atoms with van der Waals surface area (Å²) in [5.74, 6) is -0.0329. The van der Waals surface area contributed by atoms with Crippen LogP contribution in [0.25, 0.3) is 0 Å². The van der Waals surface area contributed by atoms with E-state index in [1.807, 2.05) is 50.4 Å². The molecule has 2 rings (SSSR count). The maximum Gasteiger partial charge on any atom is 0.265 e. The zero-order chi connectivity index (χ0) is 13.1. The molecule has 0 unspecified atom stereocenters. The lowest BCUT2D eigenvalue weighted by Gasteiger charge is -2.04. The molecule has 1 aromatic heterocycles. The first-order valence-corrected chi connectivity index (χ1v) is 7.66. The zero-order valence-corrected chi connectivity index (χ0v) is 12.2. The van der Waals surface area contributed by atoms with Gasteiger partial charge in [-0.2, -0.15) is 0 Å². The van der Waals surface area contributed by atoms with Crippen LogP contribution < -0.4 is 5.32 Å². The number of thioether (sulfide) groups is 1. The molecule has 0 atom stereocenters. The van der Waals surface area contributed by atoms with Gasteiger partial charge in [0.2, 0.25) is 0 Å². The highest BCUT2D eigenvalue weighted by molar-refractivity contribution is 7.98. The van der Waals surface area contributed by atoms with Crippen LogP contribution in [0.5, 0.6) is 0 Å². The van der Waals surface area contributed by atoms with E-state index in [1.54, 1.807) is 11.8 Å². The second-order valence-corrected chi connectivity index (χ2v) is 6.17. The first-order chi connectivity index (χ1) is 8.60. The second kappa shape index (κ2) is 5.59. The van der Waals surface area contributed by atoms with Crippen molar-refractivity contribution >= 4 is 34.7 Å². The van der Waals surface area contributed by atoms with Crippen LogP contribution in [-0.4, -0.2) is 12.2 Å². The molecule has 1 amide bonds. The Morgan fingerprint density at radius 1 is 1.28 bits per heavy atom. The molecule has 0 aliphatic carbocycles. The van der Waals surface area contributed by atoms with Gasteiger partial charge in [-0.3, -0.25) is 4.79 Å². The van der Waals surface area contributed by atoms with Crippen molar-refractivity contribution in [1.82, 2.24) is 0 Å². The van der Waals surface area contributed by atoms with Crippen molar-refractivity contribution in [3.8, 4) is 0 Å². The molecule has 0 saturated heterocycles. The van der Waals surface area contributed by atoms with Crippen molar-refractivity contribution < 1.29 is 4.79 Å². The minimum Gasteiger partial charge on any atom is -0.321 e. The van der Waals surface area contributed by atoms with Gasteiger partial charge in [0.1, 0.15) is 0 Å². The fourth-order valence-corrected chi connectivity index (χ4v) is 2.97. The number of rotatable bonds is 3. The van der Waals surface area contributed by atoms with E-state index < -0.39 is 0 Å². The maximum absolute atomic E-state index is 12.1. The van der Waals surface area contributed by atoms with Crippen LogP contribution in [0.3, 0.4) is 0 Å². The summed E-state index contributed by atoms with van der Waals surface area (Å²) in [5, 5.41) is 2.93. The quantitative estimate of drug-likeness (QED) is 0.846. The van der Waals surface area contributed by atoms with E-state index in [4.69, 9.17) is 0 Å². The fraction of sp³-hybridized carbons (Fsp3) is 0.214. The highest BCUT2D eigenvalue weighted by atomic mass is 32.2. The van der Waals surface area contributed by atoms with E-state index in [0.717, 1.165) is 15.5 Å². The van der Waals surface area contributed by atoms with Crippen LogP contribution in [0.15, 0.2) is 35.2 Å². The molecule has 4 heteroatoms. The van der Waals surface area contributed by atoms with Crippen LogP contribution >= 0.6 is 23.1 Å². The number of hydrogen-bond donors (Lipinski definition) is 1. The summed E-state index contributed by atoms with van der Waals surface area (Å²) in [6, 6.07) is 9.81. The number of benzene rings is 1. The third kappa shape index (κ3) is 2.94. The highest BCUT2D eigenvalue weighted by Crippen LogP contribution is 2.23. The average molecular weight is 277 g/mol. The molecule has 1 N–H and O–H groups in total. The molecule has 18 heavy (non-hydrogen) atoms. The summed E-state index contributed by atoms with van der Waals surface area (Å²) < 4.78 is 0. The first kappa shape index (κ1) is 13.2. The summed E-state index contributed by atoms with van der Waals surface area (Å²) in [4.78, 5) is 15.2. The van der Waals surface area contributed by atoms with Gasteiger partial charge in [0.25, 0.3) is 5.91 Å². The van der Waals surface area contributed by atoms with Crippen LogP contribution in [0.2, 0.25) is 0 Å². The van der Waals surface area contributed by atoms with Crippen molar-refractivity contribution in [2.24, 2.45) is 0 Å². The van der Waals surface area contributed by atoms with Gasteiger partial charge in [-0.05, 0) is 49.9 Å². The lowest BCUT2D eigenvalue weighted by molar-refractivity contribution is 0.103. The number of anilines is 1. The SMILES string of the molecule is CSc1cccc(NC(=O)c2cc(C)c(C)s2)c1. The molecule has 2 nitrogen and oxygen atoms in total. The predicted molar refractivity (Wildman–Crippen MR) is 80.0 cm³/mol. The molecule has 0 aliphatic heterocycles. The number of hydrogen-bond acceptors (Lipinski definition) is 3. The lowest BCUT2D eigenvalue weighted by atomic mass is 10.2. The van der Waals surface area contributed by atoms with Gasteiger partial charge < -0.3 is 5.32 Å². The molecule has 94 valence electrons. The van der Waals surface area contributed by atoms with Gasteiger partial charge in [-0.25, -0.2) is 0 Å². The topological polar surface area (TPSA) is 29.1 Å². The summed E-state index contributed by atoms with van der Waals surface area (Å²) in [6.45, 7) is 4.06. The van der Waals surface area contributed by atoms with Crippen LogP contribution in [0, 0.1) is 13.8 Å². The third-order valence-electron chi connectivity index (χ3n) is 2.72. The van der Waals surface area contributed by atoms with E-state index >= 15 is 0 Å². The Morgan fingerprint density at radius 2 is 2.06 bits per heavy atom. The molecule has 0 saturated carbocycles. The summed E-state index contributed by atoms with van der Waals surface area (Å²) >= 11 is 3.20. The second-order valence-electron chi connectivity index (χ2n) is 4.04. The smallest absolute Gasteiger partial charge is 0.265 e. The normalized spacial score (nSPS) is 10.4. The van der Waals surface area contributed by atoms with Gasteiger partial charge in [-0.1, -0.05) is 6.07 Å². The van der Waals surface area contributed by atoms with Gasteiger partial charge in [0, 0.05) is 15.5 Å². The summed E-state index contributed by atoms with van der Waals surface area (Å²) in [7, 11) is 0. The fourth-order valence-electron chi connectivity index (χ4n) is 1.58. The van der Waals surface area contributed by atoms with Gasteiger partial charge >= 0.3 is 0 Å². The van der Waals surface area contributed by atoms with E-state index in [9.17, 15) is 4.79 Å². The molecule has 2 aromatic rings. The first-order valence-electron chi connectivity index (χ1n) is 5.62. The van der Waals surface area contributed by atoms with Crippen LogP contribution in [0.1, 0.15) is 20.1 Å². The molecule has 0 radical (unpaired) electrons. The predicted octanol–water partition coefficient (Wildman–Crippen LogP) is 4.34. The van der Waals surface area contributed by atoms with Crippen molar-refractivity contribution in [1.29, 1.82) is 0 Å². The van der Waals surface area contributed by atoms with Crippen LogP contribution in [0.4, 0.5) is 5.69 Å². The standard InChI is InChI=1S/C14H15NOS2/c1-9-7-13(18-10(9)2)14(16)15-11-5-4-6-12(8-11)17-3/h4-8H,1-3H3,(H,15,16). The Morgan fingerprint density at radius 3 is 2.67 bits per heavy atom. The van der Waals surface area contributed by atoms with E-state index in [-0.39, 0.29) is 5.91 Å². The van der Waals surface area contributed by atoms with E-state index in [1.165, 1.54) is 21.8 Å². The van der Waals surface area contributed by atoms with E-state index in [2.05, 4.69) is 5.32 Å². The lowest BCUT2D eigenvalue weighted by Crippen LogP contribution is -2.09.